The SMILES string of the molecule is C=C1[C@H](n2ccc(=O)[nH]c2=O)O[C@@H]2CO[Si](C(C)C)(C(C)C)O[Si](C(C)C)(C(C)C)O[C@@H]12.C=C1[C@H](n2ccc(=O)[nH]c2=O)O[C@H](CO)[C@H]1O.C=C1[C@H](n2ccc(=O)[nH]c2=O)O[C@H](CO[Si](C(C)C)(C(C)C)C(C)C)[C@H]1O.CC(C)[Si]1(C(C)C)OC[C@H]2O[C@@H](n3ccc(=O)[nH]c3=O)C(=O)[C@@H]2O[Si](C(C)C)(C(C)C)O1. The third kappa shape index (κ3) is 18.0. The van der Waals surface area contributed by atoms with E-state index in [-0.39, 0.29) is 75.5 Å². The van der Waals surface area contributed by atoms with Crippen LogP contribution in [0.5, 0.6) is 0 Å². The summed E-state index contributed by atoms with van der Waals surface area (Å²) in [5.41, 5.74) is -0.690. The van der Waals surface area contributed by atoms with Crippen LogP contribution in [0.1, 0.15) is 177 Å². The number of nitrogens with one attached hydrogen (secondary N) is 4. The molecule has 0 amide bonds. The van der Waals surface area contributed by atoms with Gasteiger partial charge >= 0.3 is 57.0 Å². The van der Waals surface area contributed by atoms with Crippen molar-refractivity contribution in [3.8, 4) is 0 Å². The van der Waals surface area contributed by atoms with Gasteiger partial charge in [-0.25, -0.2) is 19.2 Å². The number of aliphatic hydroxyl groups excluding tert-OH is 3. The van der Waals surface area contributed by atoms with E-state index in [2.05, 4.69) is 192 Å². The number of H-pyrrole nitrogens is 4. The summed E-state index contributed by atoms with van der Waals surface area (Å²) in [5, 5.41) is 29.2. The first-order valence-corrected chi connectivity index (χ1v) is 47.4. The van der Waals surface area contributed by atoms with Gasteiger partial charge in [0.25, 0.3) is 22.2 Å². The predicted molar refractivity (Wildman–Crippen MR) is 417 cm³/mol. The van der Waals surface area contributed by atoms with Crippen molar-refractivity contribution in [2.45, 2.75) is 287 Å². The van der Waals surface area contributed by atoms with Crippen molar-refractivity contribution in [2.75, 3.05) is 26.4 Å². The number of aromatic nitrogens is 8. The zero-order valence-electron chi connectivity index (χ0n) is 66.6. The Bertz CT molecular complexity index is 4100. The van der Waals surface area contributed by atoms with Gasteiger partial charge in [-0.1, -0.05) is 172 Å². The summed E-state index contributed by atoms with van der Waals surface area (Å²) in [4.78, 5) is 116. The topological polar surface area (TPSA) is 399 Å². The van der Waals surface area contributed by atoms with Gasteiger partial charge in [-0.15, -0.1) is 0 Å². The molecule has 10 heterocycles. The fraction of sp³-hybridized carbons (Fsp3) is 0.681. The Morgan fingerprint density at radius 1 is 0.426 bits per heavy atom. The minimum absolute atomic E-state index is 0.0666. The molecule has 0 aliphatic carbocycles. The minimum atomic E-state index is -2.97. The average molecular weight is 1600 g/mol. The van der Waals surface area contributed by atoms with Crippen LogP contribution in [-0.4, -0.2) is 177 Å². The Morgan fingerprint density at radius 3 is 1.02 bits per heavy atom. The van der Waals surface area contributed by atoms with Gasteiger partial charge < -0.3 is 64.6 Å². The van der Waals surface area contributed by atoms with Gasteiger partial charge in [0.1, 0.15) is 48.8 Å². The third-order valence-electron chi connectivity index (χ3n) is 21.6. The van der Waals surface area contributed by atoms with Gasteiger partial charge in [0, 0.05) is 65.8 Å². The smallest absolute Gasteiger partial charge is 0.335 e. The van der Waals surface area contributed by atoms with Crippen LogP contribution >= 0.6 is 0 Å². The molecule has 108 heavy (non-hydrogen) atoms. The molecule has 0 aromatic carbocycles. The third-order valence-corrected chi connectivity index (χ3v) is 48.2. The highest BCUT2D eigenvalue weighted by molar-refractivity contribution is 6.85. The maximum absolute atomic E-state index is 13.4. The molecular formula is C72H118N8O23Si5. The van der Waals surface area contributed by atoms with Crippen LogP contribution < -0.4 is 45.0 Å². The van der Waals surface area contributed by atoms with Crippen LogP contribution in [0.4, 0.5) is 0 Å². The summed E-state index contributed by atoms with van der Waals surface area (Å²) in [6, 6.07) is 4.89. The Balaban J connectivity index is 0.000000205. The van der Waals surface area contributed by atoms with E-state index in [0.717, 1.165) is 15.2 Å². The molecule has 7 N–H and O–H groups in total. The molecule has 604 valence electrons. The summed E-state index contributed by atoms with van der Waals surface area (Å²) in [7, 11) is -13.3. The molecule has 4 aromatic rings. The largest absolute Gasteiger partial charge is 0.414 e. The maximum Gasteiger partial charge on any atom is 0.335 e. The van der Waals surface area contributed by atoms with Gasteiger partial charge in [0.15, 0.2) is 33.2 Å². The molecule has 6 fully saturated rings. The second kappa shape index (κ2) is 35.9. The lowest BCUT2D eigenvalue weighted by molar-refractivity contribution is -0.130. The molecule has 12 atom stereocenters. The quantitative estimate of drug-likeness (QED) is 0.0348. The molecule has 4 aromatic heterocycles. The Labute approximate surface area is 635 Å². The summed E-state index contributed by atoms with van der Waals surface area (Å²) in [6.45, 7) is 59.3. The number of hydrogen-bond acceptors (Lipinski definition) is 23. The lowest BCUT2D eigenvalue weighted by atomic mass is 10.1. The number of carbonyl (C=O) groups is 1. The molecule has 0 spiro atoms. The number of ketones is 1. The maximum atomic E-state index is 13.4. The normalized spacial score (nSPS) is 26.9. The van der Waals surface area contributed by atoms with Crippen molar-refractivity contribution in [3.05, 3.63) is 169 Å². The van der Waals surface area contributed by atoms with E-state index in [0.29, 0.717) is 34.4 Å². The second-order valence-electron chi connectivity index (χ2n) is 32.0. The molecule has 10 rings (SSSR count). The van der Waals surface area contributed by atoms with E-state index >= 15 is 0 Å². The molecule has 36 heteroatoms. The zero-order valence-corrected chi connectivity index (χ0v) is 71.6. The number of rotatable bonds is 19. The minimum Gasteiger partial charge on any atom is -0.414 e. The van der Waals surface area contributed by atoms with E-state index in [1.54, 1.807) is 0 Å². The highest BCUT2D eigenvalue weighted by Crippen LogP contribution is 2.51. The van der Waals surface area contributed by atoms with E-state index in [1.165, 1.54) is 52.1 Å². The lowest BCUT2D eigenvalue weighted by Crippen LogP contribution is -2.65. The fourth-order valence-corrected chi connectivity index (χ4v) is 43.7. The highest BCUT2D eigenvalue weighted by Gasteiger charge is 2.64. The van der Waals surface area contributed by atoms with Crippen molar-refractivity contribution in [2.24, 2.45) is 0 Å². The number of ether oxygens (including phenoxy) is 4. The Morgan fingerprint density at radius 2 is 0.713 bits per heavy atom. The first-order valence-electron chi connectivity index (χ1n) is 37.4. The molecule has 0 unspecified atom stereocenters. The van der Waals surface area contributed by atoms with Crippen LogP contribution in [0.25, 0.3) is 0 Å². The van der Waals surface area contributed by atoms with E-state index < -0.39 is 161 Å². The molecule has 0 bridgehead atoms. The molecule has 6 aliphatic rings. The van der Waals surface area contributed by atoms with Crippen LogP contribution in [0, 0.1) is 0 Å². The monoisotopic (exact) mass is 1600 g/mol. The number of aromatic amines is 4. The summed E-state index contributed by atoms with van der Waals surface area (Å²) < 4.78 is 76.1. The van der Waals surface area contributed by atoms with Crippen LogP contribution in [0.2, 0.25) is 61.0 Å². The van der Waals surface area contributed by atoms with Gasteiger partial charge in [-0.05, 0) is 61.0 Å². The first-order chi connectivity index (χ1) is 50.3. The standard InChI is InChI=1S/C22H38N2O6Si2.C21H36N2O7Si2.C19H32N2O5Si.C10H12N2O5/c1-13(2)31(14(3)4)27-12-18-20(29-32(30-31,15(5)6)16(7)8)17(9)21(28-18)24-11-10-19(25)23-22(24)26;1-12(2)31(13(3)4)27-11-16-19(29-32(30-31,14(5)6)15(7)8)18(25)20(28-16)23-10-9-17(24)22-21(23)26;1-11(2)27(12(3)4,13(5)6)25-10-15-17(23)14(7)18(26-15)21-9-8-16(22)20-19(21)24;1-5-8(15)6(4-13)17-9(5)12-3-2-7(14)11-10(12)16/h10-11,13-16,18,20-21H,9,12H2,1-8H3,(H,23,25,26);9-10,12-16,19-20H,11H2,1-8H3,(H,22,24,26);8-9,11-13,15,17-18,23H,7,10H2,1-6H3,(H,20,22,24);2-3,6,8-9,13,15H,1,4H2,(H,11,14,16)/t18-,20+,21-;16-,19-,20-;15-,17+,18-;6-,8+,9-/m1111/s1. The number of fused-ring (bicyclic) bond motifs is 2. The van der Waals surface area contributed by atoms with Gasteiger partial charge in [-0.2, -0.15) is 0 Å². The lowest BCUT2D eigenvalue weighted by Gasteiger charge is -2.51. The molecular weight excluding hydrogens is 1490 g/mol. The summed E-state index contributed by atoms with van der Waals surface area (Å²) >= 11 is 0. The van der Waals surface area contributed by atoms with Crippen LogP contribution in [0.3, 0.4) is 0 Å². The molecule has 0 radical (unpaired) electrons. The zero-order chi connectivity index (χ0) is 81.1. The van der Waals surface area contributed by atoms with E-state index in [9.17, 15) is 53.4 Å². The van der Waals surface area contributed by atoms with E-state index in [1.807, 2.05) is 0 Å². The summed E-state index contributed by atoms with van der Waals surface area (Å²) in [5.74, 6) is -0.363. The van der Waals surface area contributed by atoms with Crippen LogP contribution in [-0.2, 0) is 54.1 Å². The molecule has 0 saturated carbocycles. The number of carbonyl (C=O) groups excluding carboxylic acids is 1. The predicted octanol–water partition coefficient (Wildman–Crippen LogP) is 7.79. The van der Waals surface area contributed by atoms with Crippen molar-refractivity contribution in [3.63, 3.8) is 0 Å². The number of hydrogen-bond donors (Lipinski definition) is 7. The first kappa shape index (κ1) is 89.3. The van der Waals surface area contributed by atoms with Crippen molar-refractivity contribution in [1.29, 1.82) is 0 Å². The fourth-order valence-electron chi connectivity index (χ4n) is 15.9. The Kier molecular flexibility index (Phi) is 29.7. The Hall–Kier alpha value is -5.87. The molecule has 6 aliphatic heterocycles. The molecule has 6 saturated heterocycles. The number of Topliss-reactive ketones (excluding diaryl/α,β-unsaturated/α-hetero) is 1. The van der Waals surface area contributed by atoms with Crippen molar-refractivity contribution < 1.29 is 69.4 Å². The average Bonchev–Trinajstić information content (AvgIpc) is 1.38. The second-order valence-corrected chi connectivity index (χ2v) is 55.2. The van der Waals surface area contributed by atoms with E-state index in [4.69, 9.17) is 54.4 Å². The van der Waals surface area contributed by atoms with Crippen LogP contribution in [0.15, 0.2) is 124 Å². The highest BCUT2D eigenvalue weighted by atomic mass is 28.5. The van der Waals surface area contributed by atoms with Crippen molar-refractivity contribution in [1.82, 2.24) is 38.2 Å². The van der Waals surface area contributed by atoms with Crippen molar-refractivity contribution >= 4 is 48.3 Å². The van der Waals surface area contributed by atoms with Gasteiger partial charge in [-0.3, -0.25) is 62.2 Å². The molecule has 31 nitrogen and oxygen atoms in total. The number of aliphatic hydroxyl groups is 3. The van der Waals surface area contributed by atoms with Gasteiger partial charge in [0.05, 0.1) is 26.4 Å². The number of nitrogens with zero attached hydrogens (tertiary/aromatic N) is 4. The summed E-state index contributed by atoms with van der Waals surface area (Å²) in [6.07, 6.45) is -4.15. The van der Waals surface area contributed by atoms with Gasteiger partial charge in [0.2, 0.25) is 5.78 Å².